The fourth-order valence-corrected chi connectivity index (χ4v) is 4.17. The number of nitrogens with one attached hydrogen (secondary N) is 2. The number of amides is 1. The van der Waals surface area contributed by atoms with Crippen LogP contribution in [0.3, 0.4) is 0 Å². The van der Waals surface area contributed by atoms with E-state index in [0.29, 0.717) is 29.1 Å². The largest absolute Gasteiger partial charge is 0.372 e. The molecule has 33 heavy (non-hydrogen) atoms. The van der Waals surface area contributed by atoms with E-state index in [1.165, 1.54) is 12.1 Å². The van der Waals surface area contributed by atoms with E-state index in [-0.39, 0.29) is 11.6 Å². The first-order chi connectivity index (χ1) is 16.1. The molecule has 2 N–H and O–H groups in total. The molecule has 2 heterocycles. The summed E-state index contributed by atoms with van der Waals surface area (Å²) in [6, 6.07) is 21.7. The molecule has 0 spiro atoms. The van der Waals surface area contributed by atoms with E-state index in [1.807, 2.05) is 54.6 Å². The van der Waals surface area contributed by atoms with Crippen molar-refractivity contribution in [3.05, 3.63) is 99.6 Å². The van der Waals surface area contributed by atoms with Crippen molar-refractivity contribution >= 4 is 34.5 Å². The Morgan fingerprint density at radius 1 is 1.09 bits per heavy atom. The Balaban J connectivity index is 1.59. The molecule has 3 aromatic carbocycles. The number of nitro benzene ring substituents is 1. The Bertz CT molecular complexity index is 1300. The second-order valence-electron chi connectivity index (χ2n) is 7.92. The summed E-state index contributed by atoms with van der Waals surface area (Å²) in [5, 5.41) is 17.5. The van der Waals surface area contributed by atoms with Gasteiger partial charge in [-0.15, -0.1) is 0 Å². The Morgan fingerprint density at radius 3 is 2.70 bits per heavy atom. The second kappa shape index (κ2) is 8.66. The number of non-ortho nitro benzene ring substituents is 1. The summed E-state index contributed by atoms with van der Waals surface area (Å²) in [4.78, 5) is 33.3. The van der Waals surface area contributed by atoms with Gasteiger partial charge in [0.25, 0.3) is 5.69 Å². The zero-order valence-electron chi connectivity index (χ0n) is 17.7. The van der Waals surface area contributed by atoms with Gasteiger partial charge in [0, 0.05) is 36.3 Å². The van der Waals surface area contributed by atoms with E-state index in [0.717, 1.165) is 30.1 Å². The zero-order valence-corrected chi connectivity index (χ0v) is 17.7. The number of carbonyl (C=O) groups is 1. The summed E-state index contributed by atoms with van der Waals surface area (Å²) >= 11 is 0. The highest BCUT2D eigenvalue weighted by molar-refractivity contribution is 6.24. The lowest BCUT2D eigenvalue weighted by atomic mass is 9.90. The van der Waals surface area contributed by atoms with E-state index >= 15 is 0 Å². The highest BCUT2D eigenvalue weighted by Crippen LogP contribution is 2.38. The SMILES string of the molecule is O=C1Nc2ccc([N+](=O)[O-])cc2C1C(=Nc1cccc(CC2=NCCN2)c1)c1ccccc1. The molecular weight excluding hydrogens is 418 g/mol. The van der Waals surface area contributed by atoms with Gasteiger partial charge in [-0.1, -0.05) is 42.5 Å². The van der Waals surface area contributed by atoms with E-state index in [9.17, 15) is 14.9 Å². The molecule has 1 amide bonds. The first-order valence-electron chi connectivity index (χ1n) is 10.7. The van der Waals surface area contributed by atoms with Crippen LogP contribution in [0.5, 0.6) is 0 Å². The van der Waals surface area contributed by atoms with Crippen LogP contribution in [-0.4, -0.2) is 35.5 Å². The lowest BCUT2D eigenvalue weighted by Gasteiger charge is -2.14. The van der Waals surface area contributed by atoms with Gasteiger partial charge in [0.05, 0.1) is 22.9 Å². The first kappa shape index (κ1) is 20.6. The molecule has 0 bridgehead atoms. The Morgan fingerprint density at radius 2 is 1.94 bits per heavy atom. The number of nitro groups is 1. The van der Waals surface area contributed by atoms with Gasteiger partial charge in [-0.05, 0) is 29.3 Å². The lowest BCUT2D eigenvalue weighted by molar-refractivity contribution is -0.384. The zero-order chi connectivity index (χ0) is 22.8. The van der Waals surface area contributed by atoms with Gasteiger partial charge in [0.15, 0.2) is 0 Å². The van der Waals surface area contributed by atoms with Gasteiger partial charge < -0.3 is 10.6 Å². The smallest absolute Gasteiger partial charge is 0.269 e. The Hall–Kier alpha value is -4.33. The van der Waals surface area contributed by atoms with E-state index in [1.54, 1.807) is 6.07 Å². The molecule has 2 aliphatic heterocycles. The van der Waals surface area contributed by atoms with Crippen LogP contribution in [0.4, 0.5) is 17.1 Å². The van der Waals surface area contributed by atoms with Crippen molar-refractivity contribution in [3.63, 3.8) is 0 Å². The van der Waals surface area contributed by atoms with Crippen molar-refractivity contribution < 1.29 is 9.72 Å². The maximum Gasteiger partial charge on any atom is 0.269 e. The summed E-state index contributed by atoms with van der Waals surface area (Å²) in [5.74, 6) is -0.0589. The van der Waals surface area contributed by atoms with Crippen LogP contribution >= 0.6 is 0 Å². The first-order valence-corrected chi connectivity index (χ1v) is 10.7. The summed E-state index contributed by atoms with van der Waals surface area (Å²) in [6.45, 7) is 1.64. The minimum Gasteiger partial charge on any atom is -0.372 e. The molecule has 3 aromatic rings. The van der Waals surface area contributed by atoms with Crippen LogP contribution in [-0.2, 0) is 11.2 Å². The number of hydrogen-bond donors (Lipinski definition) is 2. The summed E-state index contributed by atoms with van der Waals surface area (Å²) < 4.78 is 0. The summed E-state index contributed by atoms with van der Waals surface area (Å²) in [6.07, 6.45) is 0.684. The number of rotatable bonds is 6. The molecule has 1 unspecified atom stereocenters. The standard InChI is InChI=1S/C25H21N5O3/c31-25-23(20-15-19(30(32)33)9-10-21(20)29-25)24(17-6-2-1-3-7-17)28-18-8-4-5-16(13-18)14-22-26-11-12-27-22/h1-10,13,15,23H,11-12,14H2,(H,26,27)(H,29,31). The van der Waals surface area contributed by atoms with E-state index in [4.69, 9.17) is 4.99 Å². The molecule has 0 aliphatic carbocycles. The third-order valence-electron chi connectivity index (χ3n) is 5.70. The van der Waals surface area contributed by atoms with Crippen molar-refractivity contribution in [1.82, 2.24) is 5.32 Å². The van der Waals surface area contributed by atoms with Gasteiger partial charge >= 0.3 is 0 Å². The van der Waals surface area contributed by atoms with Crippen LogP contribution in [0.1, 0.15) is 22.6 Å². The fraction of sp³-hybridized carbons (Fsp3) is 0.160. The number of fused-ring (bicyclic) bond motifs is 1. The number of nitrogens with zero attached hydrogens (tertiary/aromatic N) is 3. The highest BCUT2D eigenvalue weighted by atomic mass is 16.6. The third kappa shape index (κ3) is 4.23. The van der Waals surface area contributed by atoms with Gasteiger partial charge in [-0.25, -0.2) is 0 Å². The van der Waals surface area contributed by atoms with Gasteiger partial charge in [0.2, 0.25) is 5.91 Å². The Labute approximate surface area is 190 Å². The van der Waals surface area contributed by atoms with Crippen molar-refractivity contribution in [2.45, 2.75) is 12.3 Å². The number of amidine groups is 1. The number of hydrogen-bond acceptors (Lipinski definition) is 6. The minimum atomic E-state index is -0.758. The number of carbonyl (C=O) groups excluding carboxylic acids is 1. The molecule has 0 saturated carbocycles. The second-order valence-corrected chi connectivity index (χ2v) is 7.92. The minimum absolute atomic E-state index is 0.0607. The summed E-state index contributed by atoms with van der Waals surface area (Å²) in [5.41, 5.74) is 4.15. The molecule has 0 radical (unpaired) electrons. The quantitative estimate of drug-likeness (QED) is 0.344. The molecule has 1 atom stereocenters. The van der Waals surface area contributed by atoms with E-state index < -0.39 is 10.8 Å². The van der Waals surface area contributed by atoms with Crippen LogP contribution in [0.25, 0.3) is 0 Å². The average molecular weight is 439 g/mol. The van der Waals surface area contributed by atoms with Gasteiger partial charge in [0.1, 0.15) is 11.8 Å². The van der Waals surface area contributed by atoms with Crippen molar-refractivity contribution in [1.29, 1.82) is 0 Å². The third-order valence-corrected chi connectivity index (χ3v) is 5.70. The average Bonchev–Trinajstić information content (AvgIpc) is 3.44. The van der Waals surface area contributed by atoms with Crippen LogP contribution in [0.15, 0.2) is 82.8 Å². The molecule has 0 aromatic heterocycles. The van der Waals surface area contributed by atoms with E-state index in [2.05, 4.69) is 15.6 Å². The van der Waals surface area contributed by atoms with Crippen LogP contribution in [0, 0.1) is 10.1 Å². The Kier molecular flexibility index (Phi) is 5.40. The molecule has 8 heteroatoms. The lowest BCUT2D eigenvalue weighted by Crippen LogP contribution is -2.22. The van der Waals surface area contributed by atoms with Crippen molar-refractivity contribution in [2.24, 2.45) is 9.98 Å². The predicted octanol–water partition coefficient (Wildman–Crippen LogP) is 4.00. The molecular formula is C25H21N5O3. The topological polar surface area (TPSA) is 109 Å². The molecule has 0 saturated heterocycles. The van der Waals surface area contributed by atoms with Crippen LogP contribution < -0.4 is 10.6 Å². The molecule has 164 valence electrons. The molecule has 5 rings (SSSR count). The van der Waals surface area contributed by atoms with Crippen LogP contribution in [0.2, 0.25) is 0 Å². The molecule has 0 fully saturated rings. The van der Waals surface area contributed by atoms with Gasteiger partial charge in [-0.3, -0.25) is 24.9 Å². The monoisotopic (exact) mass is 439 g/mol. The number of anilines is 1. The van der Waals surface area contributed by atoms with Crippen molar-refractivity contribution in [3.8, 4) is 0 Å². The fourth-order valence-electron chi connectivity index (χ4n) is 4.17. The summed E-state index contributed by atoms with van der Waals surface area (Å²) in [7, 11) is 0. The molecule has 8 nitrogen and oxygen atoms in total. The number of benzene rings is 3. The number of aliphatic imine (C=N–C) groups is 2. The molecule has 2 aliphatic rings. The van der Waals surface area contributed by atoms with Crippen molar-refractivity contribution in [2.75, 3.05) is 18.4 Å². The maximum absolute atomic E-state index is 13.0. The predicted molar refractivity (Wildman–Crippen MR) is 128 cm³/mol. The normalized spacial score (nSPS) is 17.2. The maximum atomic E-state index is 13.0. The van der Waals surface area contributed by atoms with Gasteiger partial charge in [-0.2, -0.15) is 0 Å². The highest BCUT2D eigenvalue weighted by Gasteiger charge is 2.36.